The number of fused-ring (bicyclic) bond motifs is 2. The molecule has 0 bridgehead atoms. The van der Waals surface area contributed by atoms with E-state index in [1.807, 2.05) is 0 Å². The van der Waals surface area contributed by atoms with Gasteiger partial charge in [0.05, 0.1) is 23.0 Å². The summed E-state index contributed by atoms with van der Waals surface area (Å²) in [5.74, 6) is -0.426. The van der Waals surface area contributed by atoms with Crippen LogP contribution in [0.4, 0.5) is 0 Å². The predicted molar refractivity (Wildman–Crippen MR) is 160 cm³/mol. The highest BCUT2D eigenvalue weighted by Gasteiger charge is 2.50. The van der Waals surface area contributed by atoms with E-state index in [1.54, 1.807) is 26.0 Å². The summed E-state index contributed by atoms with van der Waals surface area (Å²) in [5.41, 5.74) is -0.817. The van der Waals surface area contributed by atoms with Gasteiger partial charge in [-0.15, -0.1) is 0 Å². The van der Waals surface area contributed by atoms with Crippen LogP contribution < -0.4 is 16.0 Å². The molecule has 7 rings (SSSR count). The van der Waals surface area contributed by atoms with Gasteiger partial charge >= 0.3 is 11.3 Å². The van der Waals surface area contributed by atoms with Crippen LogP contribution in [0.5, 0.6) is 11.5 Å². The van der Waals surface area contributed by atoms with E-state index in [4.69, 9.17) is 32.5 Å². The summed E-state index contributed by atoms with van der Waals surface area (Å²) in [5, 5.41) is 55.0. The van der Waals surface area contributed by atoms with Gasteiger partial charge in [-0.1, -0.05) is 12.1 Å². The number of phenols is 1. The van der Waals surface area contributed by atoms with Crippen LogP contribution in [0.3, 0.4) is 0 Å². The molecule has 5 N–H and O–H groups in total. The Labute approximate surface area is 259 Å². The van der Waals surface area contributed by atoms with Crippen LogP contribution in [0, 0.1) is 6.92 Å². The maximum absolute atomic E-state index is 13.3. The number of methoxy groups -OCH3 is 1. The molecule has 10 atom stereocenters. The first kappa shape index (κ1) is 30.8. The number of benzene rings is 3. The highest BCUT2D eigenvalue weighted by molar-refractivity contribution is 6.28. The second kappa shape index (κ2) is 11.1. The maximum atomic E-state index is 13.3. The number of phenolic OH excluding ortho intramolecular Hbond substituents is 1. The van der Waals surface area contributed by atoms with Gasteiger partial charge in [0.15, 0.2) is 18.0 Å². The molecule has 14 heteroatoms. The lowest BCUT2D eigenvalue weighted by molar-refractivity contribution is -0.353. The van der Waals surface area contributed by atoms with E-state index < -0.39 is 78.4 Å². The molecule has 0 saturated carbocycles. The van der Waals surface area contributed by atoms with Crippen LogP contribution in [-0.2, 0) is 18.9 Å². The molecule has 0 spiro atoms. The molecule has 46 heavy (non-hydrogen) atoms. The fourth-order valence-corrected chi connectivity index (χ4v) is 6.55. The first-order chi connectivity index (χ1) is 21.9. The monoisotopic (exact) mass is 640 g/mol. The molecule has 2 fully saturated rings. The van der Waals surface area contributed by atoms with Gasteiger partial charge in [0.25, 0.3) is 0 Å². The number of aliphatic hydroxyl groups is 4. The van der Waals surface area contributed by atoms with Crippen LogP contribution in [-0.4, -0.2) is 94.1 Å². The minimum Gasteiger partial charge on any atom is -0.506 e. The molecule has 3 aromatic carbocycles. The quantitative estimate of drug-likeness (QED) is 0.104. The Morgan fingerprint density at radius 2 is 1.46 bits per heavy atom. The molecule has 2 saturated heterocycles. The third-order valence-electron chi connectivity index (χ3n) is 8.91. The van der Waals surface area contributed by atoms with Crippen molar-refractivity contribution in [2.75, 3.05) is 7.11 Å². The van der Waals surface area contributed by atoms with E-state index in [0.29, 0.717) is 5.56 Å². The van der Waals surface area contributed by atoms with Crippen molar-refractivity contribution < 1.29 is 58.1 Å². The van der Waals surface area contributed by atoms with Crippen molar-refractivity contribution in [1.82, 2.24) is 0 Å². The minimum atomic E-state index is -1.60. The van der Waals surface area contributed by atoms with Gasteiger partial charge in [0.2, 0.25) is 6.29 Å². The molecule has 4 heterocycles. The smallest absolute Gasteiger partial charge is 0.348 e. The van der Waals surface area contributed by atoms with E-state index >= 15 is 0 Å². The Bertz CT molecular complexity index is 2070. The lowest BCUT2D eigenvalue weighted by Crippen LogP contribution is -2.64. The van der Waals surface area contributed by atoms with Crippen molar-refractivity contribution in [2.24, 2.45) is 0 Å². The van der Waals surface area contributed by atoms with Gasteiger partial charge in [0.1, 0.15) is 53.0 Å². The van der Waals surface area contributed by atoms with E-state index in [9.17, 15) is 35.1 Å². The number of aliphatic hydroxyl groups excluding tert-OH is 4. The Kier molecular flexibility index (Phi) is 7.45. The molecule has 0 aliphatic carbocycles. The average molecular weight is 641 g/mol. The standard InChI is InChI=1S/C32H32O14/c1-10-8-14-17-16(9-10)43-30(39)20-19(17)26(45-29(14)38)18-13(23(20)35)6-5-7-15(18)44-32-28(24(36)21(33)11(2)42-32)46-31-25(37)27(40-4)22(34)12(3)41-31/h5-9,11-12,21-22,24-25,27-28,31-37H,1-4H3/t11?,12?,21-,22-,24-,25+,27?,28?,31+,32-/m0/s1. The summed E-state index contributed by atoms with van der Waals surface area (Å²) in [4.78, 5) is 26.4. The molecule has 5 aromatic rings. The first-order valence-electron chi connectivity index (χ1n) is 14.7. The first-order valence-corrected chi connectivity index (χ1v) is 14.7. The summed E-state index contributed by atoms with van der Waals surface area (Å²) in [7, 11) is 1.30. The van der Waals surface area contributed by atoms with Gasteiger partial charge in [-0.25, -0.2) is 9.59 Å². The number of hydrogen-bond acceptors (Lipinski definition) is 14. The van der Waals surface area contributed by atoms with Crippen molar-refractivity contribution >= 4 is 43.5 Å². The number of aromatic hydroxyl groups is 1. The topological polar surface area (TPSA) is 208 Å². The summed E-state index contributed by atoms with van der Waals surface area (Å²) in [6, 6.07) is 7.72. The molecule has 244 valence electrons. The van der Waals surface area contributed by atoms with Gasteiger partial charge in [-0.3, -0.25) is 0 Å². The Balaban J connectivity index is 1.38. The Morgan fingerprint density at radius 3 is 2.20 bits per heavy atom. The van der Waals surface area contributed by atoms with Crippen molar-refractivity contribution in [3.05, 3.63) is 56.7 Å². The number of ether oxygens (including phenoxy) is 5. The summed E-state index contributed by atoms with van der Waals surface area (Å²) in [6.45, 7) is 4.79. The normalized spacial score (nSPS) is 32.2. The third-order valence-corrected chi connectivity index (χ3v) is 8.91. The molecule has 2 aliphatic rings. The zero-order chi connectivity index (χ0) is 32.8. The minimum absolute atomic E-state index is 0.00696. The lowest BCUT2D eigenvalue weighted by Gasteiger charge is -2.46. The number of aryl methyl sites for hydroxylation is 1. The molecule has 14 nitrogen and oxygen atoms in total. The van der Waals surface area contributed by atoms with Gasteiger partial charge in [-0.2, -0.15) is 0 Å². The molecular formula is C32H32O14. The molecule has 2 aromatic heterocycles. The van der Waals surface area contributed by atoms with Crippen LogP contribution in [0.15, 0.2) is 48.8 Å². The van der Waals surface area contributed by atoms with Crippen LogP contribution in [0.25, 0.3) is 43.5 Å². The molecule has 0 amide bonds. The van der Waals surface area contributed by atoms with Gasteiger partial charge in [0, 0.05) is 23.3 Å². The van der Waals surface area contributed by atoms with Crippen LogP contribution >= 0.6 is 0 Å². The van der Waals surface area contributed by atoms with Crippen LogP contribution in [0.1, 0.15) is 19.4 Å². The van der Waals surface area contributed by atoms with E-state index in [0.717, 1.165) is 0 Å². The van der Waals surface area contributed by atoms with Crippen molar-refractivity contribution in [3.8, 4) is 11.5 Å². The molecule has 0 radical (unpaired) electrons. The second-order valence-electron chi connectivity index (χ2n) is 11.9. The third kappa shape index (κ3) is 4.56. The SMILES string of the molecule is COC1[C@@H](O)C(C)O[C@H](OC2[C@H](Oc3cccc4c(O)c5c(=O)oc6cc(C)cc7c(=O)oc(c34)c5c67)OC(C)[C@H](O)[C@@H]2O)[C@@H]1O. The van der Waals surface area contributed by atoms with Crippen molar-refractivity contribution in [3.63, 3.8) is 0 Å². The number of hydrogen-bond donors (Lipinski definition) is 5. The zero-order valence-corrected chi connectivity index (χ0v) is 25.1. The summed E-state index contributed by atoms with van der Waals surface area (Å²) in [6.07, 6.45) is -13.0. The van der Waals surface area contributed by atoms with Crippen molar-refractivity contribution in [2.45, 2.75) is 82.2 Å². The number of rotatable bonds is 5. The lowest BCUT2D eigenvalue weighted by atomic mass is 9.96. The molecule has 2 aliphatic heterocycles. The average Bonchev–Trinajstić information content (AvgIpc) is 3.01. The Hall–Kier alpha value is -3.86. The highest BCUT2D eigenvalue weighted by Crippen LogP contribution is 2.45. The van der Waals surface area contributed by atoms with E-state index in [-0.39, 0.29) is 49.2 Å². The predicted octanol–water partition coefficient (Wildman–Crippen LogP) is 1.37. The van der Waals surface area contributed by atoms with E-state index in [2.05, 4.69) is 0 Å². The molecular weight excluding hydrogens is 608 g/mol. The van der Waals surface area contributed by atoms with Crippen molar-refractivity contribution in [1.29, 1.82) is 0 Å². The summed E-state index contributed by atoms with van der Waals surface area (Å²) >= 11 is 0. The Morgan fingerprint density at radius 1 is 0.739 bits per heavy atom. The van der Waals surface area contributed by atoms with Gasteiger partial charge < -0.3 is 58.1 Å². The zero-order valence-electron chi connectivity index (χ0n) is 25.1. The van der Waals surface area contributed by atoms with Gasteiger partial charge in [-0.05, 0) is 44.5 Å². The van der Waals surface area contributed by atoms with E-state index in [1.165, 1.54) is 32.2 Å². The highest BCUT2D eigenvalue weighted by atomic mass is 16.8. The fourth-order valence-electron chi connectivity index (χ4n) is 6.55. The summed E-state index contributed by atoms with van der Waals surface area (Å²) < 4.78 is 40.4. The largest absolute Gasteiger partial charge is 0.506 e. The second-order valence-corrected chi connectivity index (χ2v) is 11.9. The molecule has 4 unspecified atom stereocenters. The van der Waals surface area contributed by atoms with Crippen LogP contribution in [0.2, 0.25) is 0 Å². The fraction of sp³-hybridized carbons (Fsp3) is 0.438. The maximum Gasteiger partial charge on any atom is 0.348 e.